The minimum atomic E-state index is -0.669. The first kappa shape index (κ1) is 14.7. The number of methoxy groups -OCH3 is 2. The van der Waals surface area contributed by atoms with Gasteiger partial charge in [0.05, 0.1) is 20.3 Å². The summed E-state index contributed by atoms with van der Waals surface area (Å²) in [6.45, 7) is 0. The fourth-order valence-corrected chi connectivity index (χ4v) is 2.24. The number of hydrogen-bond acceptors (Lipinski definition) is 3. The molecule has 2 aromatic carbocycles. The van der Waals surface area contributed by atoms with Crippen molar-refractivity contribution in [2.24, 2.45) is 0 Å². The predicted octanol–water partition coefficient (Wildman–Crippen LogP) is 3.63. The van der Waals surface area contributed by atoms with Gasteiger partial charge in [-0.25, -0.2) is 0 Å². The minimum absolute atomic E-state index is 0.487. The quantitative estimate of drug-likeness (QED) is 0.914. The van der Waals surface area contributed by atoms with Gasteiger partial charge in [-0.2, -0.15) is 0 Å². The molecule has 4 heteroatoms. The van der Waals surface area contributed by atoms with Gasteiger partial charge in [0.2, 0.25) is 0 Å². The summed E-state index contributed by atoms with van der Waals surface area (Å²) in [7, 11) is 3.20. The van der Waals surface area contributed by atoms with E-state index in [1.807, 2.05) is 24.3 Å². The molecule has 0 aliphatic heterocycles. The Morgan fingerprint density at radius 3 is 2.35 bits per heavy atom. The van der Waals surface area contributed by atoms with E-state index < -0.39 is 6.10 Å². The van der Waals surface area contributed by atoms with Gasteiger partial charge in [0.15, 0.2) is 0 Å². The molecular formula is C16H17ClO3. The van der Waals surface area contributed by atoms with Crippen LogP contribution in [-0.4, -0.2) is 19.3 Å². The second kappa shape index (κ2) is 6.64. The van der Waals surface area contributed by atoms with Crippen molar-refractivity contribution in [1.29, 1.82) is 0 Å². The van der Waals surface area contributed by atoms with Crippen LogP contribution < -0.4 is 9.47 Å². The molecule has 0 saturated heterocycles. The van der Waals surface area contributed by atoms with Crippen LogP contribution in [0.4, 0.5) is 0 Å². The largest absolute Gasteiger partial charge is 0.497 e. The zero-order chi connectivity index (χ0) is 14.5. The van der Waals surface area contributed by atoms with Gasteiger partial charge in [0.1, 0.15) is 11.5 Å². The minimum Gasteiger partial charge on any atom is -0.497 e. The summed E-state index contributed by atoms with van der Waals surface area (Å²) in [5.74, 6) is 1.43. The lowest BCUT2D eigenvalue weighted by Gasteiger charge is -2.15. The van der Waals surface area contributed by atoms with Crippen LogP contribution in [0.1, 0.15) is 17.2 Å². The van der Waals surface area contributed by atoms with E-state index in [2.05, 4.69) is 0 Å². The van der Waals surface area contributed by atoms with Crippen molar-refractivity contribution in [2.45, 2.75) is 12.5 Å². The third-order valence-electron chi connectivity index (χ3n) is 3.14. The zero-order valence-corrected chi connectivity index (χ0v) is 12.2. The first-order valence-corrected chi connectivity index (χ1v) is 6.66. The van der Waals surface area contributed by atoms with Crippen LogP contribution in [0.2, 0.25) is 5.02 Å². The highest BCUT2D eigenvalue weighted by molar-refractivity contribution is 6.30. The van der Waals surface area contributed by atoms with Crippen LogP contribution in [0.3, 0.4) is 0 Å². The number of halogens is 1. The lowest BCUT2D eigenvalue weighted by Crippen LogP contribution is -2.04. The maximum Gasteiger partial charge on any atom is 0.124 e. The van der Waals surface area contributed by atoms with E-state index in [4.69, 9.17) is 21.1 Å². The highest BCUT2D eigenvalue weighted by Gasteiger charge is 2.14. The van der Waals surface area contributed by atoms with Crippen LogP contribution >= 0.6 is 11.6 Å². The molecule has 1 unspecified atom stereocenters. The van der Waals surface area contributed by atoms with E-state index in [-0.39, 0.29) is 0 Å². The molecule has 0 spiro atoms. The number of rotatable bonds is 5. The molecule has 0 radical (unpaired) electrons. The fourth-order valence-electron chi connectivity index (χ4n) is 2.06. The van der Waals surface area contributed by atoms with E-state index >= 15 is 0 Å². The number of hydrogen-bond donors (Lipinski definition) is 1. The van der Waals surface area contributed by atoms with Crippen LogP contribution in [0.15, 0.2) is 42.5 Å². The van der Waals surface area contributed by atoms with Gasteiger partial charge in [-0.05, 0) is 35.9 Å². The summed E-state index contributed by atoms with van der Waals surface area (Å²) in [4.78, 5) is 0. The molecule has 0 aliphatic carbocycles. The van der Waals surface area contributed by atoms with E-state index in [1.165, 1.54) is 0 Å². The molecule has 0 bridgehead atoms. The van der Waals surface area contributed by atoms with E-state index in [0.717, 1.165) is 11.3 Å². The van der Waals surface area contributed by atoms with E-state index in [1.54, 1.807) is 32.4 Å². The van der Waals surface area contributed by atoms with Gasteiger partial charge < -0.3 is 14.6 Å². The van der Waals surface area contributed by atoms with Crippen LogP contribution in [-0.2, 0) is 6.42 Å². The third-order valence-corrected chi connectivity index (χ3v) is 3.37. The summed E-state index contributed by atoms with van der Waals surface area (Å²) >= 11 is 5.98. The molecule has 2 rings (SSSR count). The van der Waals surface area contributed by atoms with Crippen LogP contribution in [0.5, 0.6) is 11.5 Å². The van der Waals surface area contributed by atoms with Gasteiger partial charge >= 0.3 is 0 Å². The first-order valence-electron chi connectivity index (χ1n) is 6.28. The maximum atomic E-state index is 10.4. The molecule has 2 aromatic rings. The summed E-state index contributed by atoms with van der Waals surface area (Å²) in [5, 5.41) is 10.9. The Bertz CT molecular complexity index is 566. The normalized spacial score (nSPS) is 12.0. The number of aliphatic hydroxyl groups excluding tert-OH is 1. The van der Waals surface area contributed by atoms with Gasteiger partial charge in [0, 0.05) is 17.0 Å². The van der Waals surface area contributed by atoms with E-state index in [0.29, 0.717) is 22.8 Å². The molecule has 1 N–H and O–H groups in total. The monoisotopic (exact) mass is 292 g/mol. The van der Waals surface area contributed by atoms with Gasteiger partial charge in [0.25, 0.3) is 0 Å². The Balaban J connectivity index is 2.18. The topological polar surface area (TPSA) is 38.7 Å². The second-order valence-electron chi connectivity index (χ2n) is 4.45. The molecule has 0 aromatic heterocycles. The average molecular weight is 293 g/mol. The third kappa shape index (κ3) is 3.44. The number of ether oxygens (including phenoxy) is 2. The maximum absolute atomic E-state index is 10.4. The SMILES string of the molecule is COc1ccc(CC(O)c2cc(Cl)ccc2OC)cc1. The first-order chi connectivity index (χ1) is 9.63. The Morgan fingerprint density at radius 2 is 1.75 bits per heavy atom. The Morgan fingerprint density at radius 1 is 1.05 bits per heavy atom. The molecule has 0 heterocycles. The Hall–Kier alpha value is -1.71. The molecule has 0 aliphatic rings. The summed E-state index contributed by atoms with van der Waals surface area (Å²) in [5.41, 5.74) is 1.70. The van der Waals surface area contributed by atoms with Crippen molar-refractivity contribution >= 4 is 11.6 Å². The van der Waals surface area contributed by atoms with Gasteiger partial charge in [-0.1, -0.05) is 23.7 Å². The van der Waals surface area contributed by atoms with Crippen LogP contribution in [0, 0.1) is 0 Å². The molecule has 3 nitrogen and oxygen atoms in total. The highest BCUT2D eigenvalue weighted by Crippen LogP contribution is 2.30. The number of benzene rings is 2. The van der Waals surface area contributed by atoms with Crippen molar-refractivity contribution < 1.29 is 14.6 Å². The van der Waals surface area contributed by atoms with Crippen molar-refractivity contribution in [3.63, 3.8) is 0 Å². The van der Waals surface area contributed by atoms with Gasteiger partial charge in [-0.3, -0.25) is 0 Å². The van der Waals surface area contributed by atoms with E-state index in [9.17, 15) is 5.11 Å². The lowest BCUT2D eigenvalue weighted by atomic mass is 10.0. The zero-order valence-electron chi connectivity index (χ0n) is 11.5. The molecule has 0 saturated carbocycles. The highest BCUT2D eigenvalue weighted by atomic mass is 35.5. The Labute approximate surface area is 123 Å². The summed E-state index contributed by atoms with van der Waals surface area (Å²) in [6.07, 6.45) is -0.183. The van der Waals surface area contributed by atoms with Crippen LogP contribution in [0.25, 0.3) is 0 Å². The summed E-state index contributed by atoms with van der Waals surface area (Å²) < 4.78 is 10.4. The molecular weight excluding hydrogens is 276 g/mol. The predicted molar refractivity (Wildman–Crippen MR) is 79.7 cm³/mol. The molecule has 0 fully saturated rings. The van der Waals surface area contributed by atoms with Crippen molar-refractivity contribution in [2.75, 3.05) is 14.2 Å². The standard InChI is InChI=1S/C16H17ClO3/c1-19-13-6-3-11(4-7-13)9-15(18)14-10-12(17)5-8-16(14)20-2/h3-8,10,15,18H,9H2,1-2H3. The molecule has 1 atom stereocenters. The van der Waals surface area contributed by atoms with Crippen molar-refractivity contribution in [3.05, 3.63) is 58.6 Å². The smallest absolute Gasteiger partial charge is 0.124 e. The van der Waals surface area contributed by atoms with Crippen molar-refractivity contribution in [3.8, 4) is 11.5 Å². The molecule has 106 valence electrons. The average Bonchev–Trinajstić information content (AvgIpc) is 2.48. The summed E-state index contributed by atoms with van der Waals surface area (Å²) in [6, 6.07) is 12.8. The Kier molecular flexibility index (Phi) is 4.88. The molecule has 20 heavy (non-hydrogen) atoms. The molecule has 0 amide bonds. The van der Waals surface area contributed by atoms with Crippen molar-refractivity contribution in [1.82, 2.24) is 0 Å². The fraction of sp³-hybridized carbons (Fsp3) is 0.250. The lowest BCUT2D eigenvalue weighted by molar-refractivity contribution is 0.174. The van der Waals surface area contributed by atoms with Gasteiger partial charge in [-0.15, -0.1) is 0 Å². The second-order valence-corrected chi connectivity index (χ2v) is 4.89. The number of aliphatic hydroxyl groups is 1.